The van der Waals surface area contributed by atoms with Crippen LogP contribution in [0.3, 0.4) is 0 Å². The monoisotopic (exact) mass is 547 g/mol. The molecular weight excluding hydrogens is 533 g/mol. The normalized spacial score (nSPS) is 10.7. The van der Waals surface area contributed by atoms with E-state index in [1.807, 2.05) is 0 Å². The lowest BCUT2D eigenvalue weighted by atomic mass is 10.2. The van der Waals surface area contributed by atoms with Gasteiger partial charge >= 0.3 is 0 Å². The van der Waals surface area contributed by atoms with Crippen molar-refractivity contribution in [3.05, 3.63) is 92.6 Å². The molecule has 0 bridgehead atoms. The predicted octanol–water partition coefficient (Wildman–Crippen LogP) is 5.13. The highest BCUT2D eigenvalue weighted by Gasteiger charge is 2.09. The second kappa shape index (κ2) is 10.8. The number of carbonyl (C=O) groups is 2. The van der Waals surface area contributed by atoms with Crippen LogP contribution in [0.1, 0.15) is 15.9 Å². The third-order valence-corrected chi connectivity index (χ3v) is 5.10. The van der Waals surface area contributed by atoms with Crippen LogP contribution in [0.15, 0.2) is 80.8 Å². The minimum atomic E-state index is -0.520. The molecule has 0 radical (unpaired) electrons. The molecule has 2 N–H and O–H groups in total. The molecule has 0 saturated carbocycles. The quantitative estimate of drug-likeness (QED) is 0.317. The summed E-state index contributed by atoms with van der Waals surface area (Å²) < 4.78 is 20.5. The highest BCUT2D eigenvalue weighted by molar-refractivity contribution is 9.10. The molecule has 9 heteroatoms. The fourth-order valence-corrected chi connectivity index (χ4v) is 3.21. The average Bonchev–Trinajstić information content (AvgIpc) is 2.75. The van der Waals surface area contributed by atoms with Gasteiger partial charge < -0.3 is 10.1 Å². The van der Waals surface area contributed by atoms with Gasteiger partial charge in [0.1, 0.15) is 11.6 Å². The van der Waals surface area contributed by atoms with E-state index in [4.69, 9.17) is 4.74 Å². The zero-order valence-corrected chi connectivity index (χ0v) is 19.1. The van der Waals surface area contributed by atoms with Crippen molar-refractivity contribution in [2.45, 2.75) is 0 Å². The fourth-order valence-electron chi connectivity index (χ4n) is 2.44. The summed E-state index contributed by atoms with van der Waals surface area (Å²) in [6.07, 6.45) is 1.48. The maximum absolute atomic E-state index is 13.6. The standard InChI is InChI=1S/C22H16Br2FN3O3/c23-16-8-6-15(7-9-16)22(30)28-26-12-14-5-10-20(17(24)11-14)31-13-21(29)27-19-4-2-1-3-18(19)25/h1-12H,13H2,(H,27,29)(H,28,30)/b26-12+. The van der Waals surface area contributed by atoms with Crippen LogP contribution in [-0.2, 0) is 4.79 Å². The van der Waals surface area contributed by atoms with Gasteiger partial charge in [-0.05, 0) is 76.1 Å². The zero-order chi connectivity index (χ0) is 22.2. The van der Waals surface area contributed by atoms with Gasteiger partial charge in [-0.1, -0.05) is 28.1 Å². The number of benzene rings is 3. The molecule has 0 aromatic heterocycles. The van der Waals surface area contributed by atoms with Gasteiger partial charge in [0.2, 0.25) is 0 Å². The smallest absolute Gasteiger partial charge is 0.271 e. The van der Waals surface area contributed by atoms with Crippen LogP contribution in [0.4, 0.5) is 10.1 Å². The van der Waals surface area contributed by atoms with Crippen LogP contribution < -0.4 is 15.5 Å². The van der Waals surface area contributed by atoms with Crippen molar-refractivity contribution in [3.63, 3.8) is 0 Å². The SMILES string of the molecule is O=C(COc1ccc(/C=N/NC(=O)c2ccc(Br)cc2)cc1Br)Nc1ccccc1F. The zero-order valence-electron chi connectivity index (χ0n) is 15.9. The summed E-state index contributed by atoms with van der Waals surface area (Å²) in [5.74, 6) is -0.908. The topological polar surface area (TPSA) is 79.8 Å². The number of hydrogen-bond acceptors (Lipinski definition) is 4. The Balaban J connectivity index is 1.52. The molecule has 0 spiro atoms. The number of hydrazone groups is 1. The van der Waals surface area contributed by atoms with E-state index in [2.05, 4.69) is 47.7 Å². The van der Waals surface area contributed by atoms with E-state index in [-0.39, 0.29) is 18.2 Å². The first-order chi connectivity index (χ1) is 14.9. The number of rotatable bonds is 7. The lowest BCUT2D eigenvalue weighted by Crippen LogP contribution is -2.20. The van der Waals surface area contributed by atoms with Crippen LogP contribution in [0.25, 0.3) is 0 Å². The van der Waals surface area contributed by atoms with E-state index in [0.717, 1.165) is 4.47 Å². The second-order valence-corrected chi connectivity index (χ2v) is 7.98. The summed E-state index contributed by atoms with van der Waals surface area (Å²) in [4.78, 5) is 24.0. The molecule has 3 aromatic rings. The fraction of sp³-hybridized carbons (Fsp3) is 0.0455. The number of hydrogen-bond donors (Lipinski definition) is 2. The largest absolute Gasteiger partial charge is 0.483 e. The molecule has 0 saturated heterocycles. The molecule has 2 amide bonds. The Labute approximate surface area is 194 Å². The Kier molecular flexibility index (Phi) is 7.91. The van der Waals surface area contributed by atoms with Crippen molar-refractivity contribution in [1.29, 1.82) is 0 Å². The maximum Gasteiger partial charge on any atom is 0.271 e. The predicted molar refractivity (Wildman–Crippen MR) is 124 cm³/mol. The molecule has 0 aliphatic heterocycles. The molecule has 6 nitrogen and oxygen atoms in total. The summed E-state index contributed by atoms with van der Waals surface area (Å²) in [5, 5.41) is 6.39. The summed E-state index contributed by atoms with van der Waals surface area (Å²) in [6, 6.07) is 17.9. The first-order valence-corrected chi connectivity index (χ1v) is 10.6. The molecule has 0 atom stereocenters. The summed E-state index contributed by atoms with van der Waals surface area (Å²) in [5.41, 5.74) is 3.73. The maximum atomic E-state index is 13.6. The molecule has 0 unspecified atom stereocenters. The lowest BCUT2D eigenvalue weighted by molar-refractivity contribution is -0.118. The first kappa shape index (κ1) is 22.6. The Hall–Kier alpha value is -3.04. The van der Waals surface area contributed by atoms with E-state index in [1.165, 1.54) is 24.4 Å². The van der Waals surface area contributed by atoms with Crippen molar-refractivity contribution in [1.82, 2.24) is 5.43 Å². The van der Waals surface area contributed by atoms with Crippen LogP contribution in [0, 0.1) is 5.82 Å². The van der Waals surface area contributed by atoms with Gasteiger partial charge in [-0.3, -0.25) is 9.59 Å². The minimum absolute atomic E-state index is 0.0897. The Morgan fingerprint density at radius 2 is 1.77 bits per heavy atom. The number of halogens is 3. The molecule has 3 rings (SSSR count). The van der Waals surface area contributed by atoms with Crippen LogP contribution in [0.5, 0.6) is 5.75 Å². The van der Waals surface area contributed by atoms with Gasteiger partial charge in [-0.25, -0.2) is 9.82 Å². The summed E-state index contributed by atoms with van der Waals surface area (Å²) in [6.45, 7) is -0.288. The van der Waals surface area contributed by atoms with Crippen LogP contribution >= 0.6 is 31.9 Å². The summed E-state index contributed by atoms with van der Waals surface area (Å²) >= 11 is 6.68. The van der Waals surface area contributed by atoms with Gasteiger partial charge in [0.25, 0.3) is 11.8 Å². The second-order valence-electron chi connectivity index (χ2n) is 6.21. The molecule has 0 fully saturated rings. The average molecular weight is 549 g/mol. The number of ether oxygens (including phenoxy) is 1. The van der Waals surface area contributed by atoms with Crippen molar-refractivity contribution >= 4 is 55.6 Å². The molecule has 3 aromatic carbocycles. The molecule has 0 aliphatic carbocycles. The van der Waals surface area contributed by atoms with E-state index in [1.54, 1.807) is 48.5 Å². The molecule has 31 heavy (non-hydrogen) atoms. The summed E-state index contributed by atoms with van der Waals surface area (Å²) in [7, 11) is 0. The van der Waals surface area contributed by atoms with Gasteiger partial charge in [0.15, 0.2) is 6.61 Å². The Morgan fingerprint density at radius 1 is 1.03 bits per heavy atom. The van der Waals surface area contributed by atoms with Crippen molar-refractivity contribution < 1.29 is 18.7 Å². The number of amides is 2. The van der Waals surface area contributed by atoms with Crippen molar-refractivity contribution in [2.24, 2.45) is 5.10 Å². The molecule has 0 heterocycles. The highest BCUT2D eigenvalue weighted by atomic mass is 79.9. The number of anilines is 1. The third-order valence-electron chi connectivity index (χ3n) is 3.95. The first-order valence-electron chi connectivity index (χ1n) is 8.98. The van der Waals surface area contributed by atoms with Gasteiger partial charge in [0, 0.05) is 10.0 Å². The Bertz CT molecular complexity index is 1120. The number of nitrogens with one attached hydrogen (secondary N) is 2. The number of nitrogens with zero attached hydrogens (tertiary/aromatic N) is 1. The van der Waals surface area contributed by atoms with Gasteiger partial charge in [-0.2, -0.15) is 5.10 Å². The molecular formula is C22H16Br2FN3O3. The third kappa shape index (κ3) is 6.73. The van der Waals surface area contributed by atoms with Crippen molar-refractivity contribution in [3.8, 4) is 5.75 Å². The Morgan fingerprint density at radius 3 is 2.48 bits per heavy atom. The number of para-hydroxylation sites is 1. The van der Waals surface area contributed by atoms with E-state index < -0.39 is 11.7 Å². The van der Waals surface area contributed by atoms with Crippen molar-refractivity contribution in [2.75, 3.05) is 11.9 Å². The van der Waals surface area contributed by atoms with Crippen LogP contribution in [-0.4, -0.2) is 24.6 Å². The minimum Gasteiger partial charge on any atom is -0.483 e. The number of carbonyl (C=O) groups excluding carboxylic acids is 2. The lowest BCUT2D eigenvalue weighted by Gasteiger charge is -2.10. The molecule has 158 valence electrons. The highest BCUT2D eigenvalue weighted by Crippen LogP contribution is 2.25. The van der Waals surface area contributed by atoms with E-state index in [9.17, 15) is 14.0 Å². The van der Waals surface area contributed by atoms with Crippen LogP contribution in [0.2, 0.25) is 0 Å². The van der Waals surface area contributed by atoms with Gasteiger partial charge in [0.05, 0.1) is 16.4 Å². The van der Waals surface area contributed by atoms with E-state index >= 15 is 0 Å². The molecule has 0 aliphatic rings. The van der Waals surface area contributed by atoms with Gasteiger partial charge in [-0.15, -0.1) is 0 Å². The van der Waals surface area contributed by atoms with E-state index in [0.29, 0.717) is 21.3 Å².